The molecule has 3 aromatic rings. The fraction of sp³-hybridized carbons (Fsp3) is 0.214. The Kier molecular flexibility index (Phi) is 3.89. The van der Waals surface area contributed by atoms with Gasteiger partial charge in [-0.05, 0) is 19.9 Å². The van der Waals surface area contributed by atoms with E-state index in [4.69, 9.17) is 10.3 Å². The van der Waals surface area contributed by atoms with Crippen LogP contribution < -0.4 is 16.4 Å². The second-order valence-electron chi connectivity index (χ2n) is 5.02. The van der Waals surface area contributed by atoms with Crippen LogP contribution in [0, 0.1) is 13.8 Å². The second kappa shape index (κ2) is 5.89. The molecule has 0 radical (unpaired) electrons. The van der Waals surface area contributed by atoms with Crippen molar-refractivity contribution in [3.63, 3.8) is 0 Å². The van der Waals surface area contributed by atoms with Crippen molar-refractivity contribution in [3.8, 4) is 0 Å². The average Bonchev–Trinajstić information content (AvgIpc) is 3.10. The molecule has 3 rings (SSSR count). The van der Waals surface area contributed by atoms with Gasteiger partial charge in [0, 0.05) is 12.7 Å². The molecule has 24 heavy (non-hydrogen) atoms. The van der Waals surface area contributed by atoms with Gasteiger partial charge < -0.3 is 20.9 Å². The summed E-state index contributed by atoms with van der Waals surface area (Å²) in [5, 5.41) is 10.6. The number of carbonyl (C=O) groups is 2. The molecule has 0 saturated heterocycles. The molecule has 124 valence electrons. The molecule has 0 saturated carbocycles. The largest absolute Gasteiger partial charge is 0.365 e. The van der Waals surface area contributed by atoms with Crippen LogP contribution in [0.25, 0.3) is 11.1 Å². The fourth-order valence-corrected chi connectivity index (χ4v) is 3.06. The monoisotopic (exact) mass is 346 g/mol. The zero-order valence-electron chi connectivity index (χ0n) is 13.1. The van der Waals surface area contributed by atoms with Gasteiger partial charge in [-0.1, -0.05) is 16.5 Å². The summed E-state index contributed by atoms with van der Waals surface area (Å²) in [6.45, 7) is 3.47. The third-order valence-electron chi connectivity index (χ3n) is 3.29. The van der Waals surface area contributed by atoms with Crippen LogP contribution in [0.15, 0.2) is 10.6 Å². The molecule has 0 aliphatic rings. The molecule has 2 amide bonds. The number of thiazole rings is 1. The van der Waals surface area contributed by atoms with Crippen molar-refractivity contribution in [1.82, 2.24) is 15.1 Å². The minimum Gasteiger partial charge on any atom is -0.365 e. The molecular weight excluding hydrogens is 332 g/mol. The molecule has 9 nitrogen and oxygen atoms in total. The molecule has 4 N–H and O–H groups in total. The van der Waals surface area contributed by atoms with Gasteiger partial charge in [-0.3, -0.25) is 9.59 Å². The number of carbonyl (C=O) groups excluding carboxylic acids is 2. The number of amides is 2. The van der Waals surface area contributed by atoms with Gasteiger partial charge in [0.05, 0.1) is 16.6 Å². The van der Waals surface area contributed by atoms with Gasteiger partial charge >= 0.3 is 0 Å². The minimum atomic E-state index is -0.722. The van der Waals surface area contributed by atoms with Crippen molar-refractivity contribution in [3.05, 3.63) is 28.7 Å². The molecular formula is C14H14N6O3S. The number of aromatic nitrogens is 3. The van der Waals surface area contributed by atoms with Crippen molar-refractivity contribution in [2.45, 2.75) is 13.8 Å². The van der Waals surface area contributed by atoms with Gasteiger partial charge in [-0.25, -0.2) is 9.97 Å². The summed E-state index contributed by atoms with van der Waals surface area (Å²) in [6, 6.07) is 1.63. The van der Waals surface area contributed by atoms with Gasteiger partial charge in [0.2, 0.25) is 0 Å². The highest BCUT2D eigenvalue weighted by Gasteiger charge is 2.22. The zero-order valence-corrected chi connectivity index (χ0v) is 13.9. The standard InChI is InChI=1S/C14H14N6O3S/c1-5-4-7(8-6(2)20-23-12(8)17-5)11(22)19-13-9(10(15)21)18-14(16-3)24-13/h4H,1-3H3,(H2,15,21)(H,16,18)(H,19,22). The quantitative estimate of drug-likeness (QED) is 0.654. The van der Waals surface area contributed by atoms with E-state index in [-0.39, 0.29) is 16.4 Å². The first kappa shape index (κ1) is 15.9. The maximum absolute atomic E-state index is 12.7. The molecule has 10 heteroatoms. The van der Waals surface area contributed by atoms with Crippen LogP contribution in [-0.4, -0.2) is 34.0 Å². The van der Waals surface area contributed by atoms with E-state index in [1.807, 2.05) is 0 Å². The van der Waals surface area contributed by atoms with Crippen molar-refractivity contribution in [1.29, 1.82) is 0 Å². The summed E-state index contributed by atoms with van der Waals surface area (Å²) in [4.78, 5) is 32.4. The highest BCUT2D eigenvalue weighted by atomic mass is 32.1. The van der Waals surface area contributed by atoms with E-state index in [1.54, 1.807) is 27.0 Å². The number of fused-ring (bicyclic) bond motifs is 1. The number of nitrogens with two attached hydrogens (primary N) is 1. The van der Waals surface area contributed by atoms with Crippen LogP contribution in [0.4, 0.5) is 10.1 Å². The lowest BCUT2D eigenvalue weighted by molar-refractivity contribution is 0.0997. The van der Waals surface area contributed by atoms with Crippen LogP contribution in [-0.2, 0) is 0 Å². The van der Waals surface area contributed by atoms with Crippen molar-refractivity contribution in [2.75, 3.05) is 17.7 Å². The van der Waals surface area contributed by atoms with Crippen molar-refractivity contribution >= 4 is 44.4 Å². The molecule has 0 aliphatic carbocycles. The van der Waals surface area contributed by atoms with E-state index in [9.17, 15) is 9.59 Å². The van der Waals surface area contributed by atoms with E-state index in [2.05, 4.69) is 25.8 Å². The number of pyridine rings is 1. The first-order valence-electron chi connectivity index (χ1n) is 6.94. The van der Waals surface area contributed by atoms with Crippen LogP contribution in [0.5, 0.6) is 0 Å². The molecule has 0 aliphatic heterocycles. The zero-order chi connectivity index (χ0) is 17.4. The molecule has 3 heterocycles. The Morgan fingerprint density at radius 2 is 2.04 bits per heavy atom. The average molecular weight is 346 g/mol. The van der Waals surface area contributed by atoms with E-state index >= 15 is 0 Å². The summed E-state index contributed by atoms with van der Waals surface area (Å²) in [7, 11) is 1.66. The smallest absolute Gasteiger partial charge is 0.270 e. The predicted octanol–water partition coefficient (Wildman–Crippen LogP) is 1.69. The Labute approximate surface area is 140 Å². The lowest BCUT2D eigenvalue weighted by atomic mass is 10.1. The van der Waals surface area contributed by atoms with Crippen molar-refractivity contribution < 1.29 is 14.1 Å². The topological polar surface area (TPSA) is 136 Å². The Bertz CT molecular complexity index is 961. The fourth-order valence-electron chi connectivity index (χ4n) is 2.25. The number of hydrogen-bond acceptors (Lipinski definition) is 8. The molecule has 0 bridgehead atoms. The SMILES string of the molecule is CNc1nc(C(N)=O)c(NC(=O)c2cc(C)nc3onc(C)c23)s1. The van der Waals surface area contributed by atoms with E-state index in [1.165, 1.54) is 0 Å². The summed E-state index contributed by atoms with van der Waals surface area (Å²) in [5.74, 6) is -1.15. The van der Waals surface area contributed by atoms with Crippen LogP contribution in [0.2, 0.25) is 0 Å². The number of hydrogen-bond donors (Lipinski definition) is 3. The Hall–Kier alpha value is -3.01. The third kappa shape index (κ3) is 2.67. The molecule has 0 atom stereocenters. The highest BCUT2D eigenvalue weighted by molar-refractivity contribution is 7.20. The van der Waals surface area contributed by atoms with Gasteiger partial charge in [0.15, 0.2) is 10.8 Å². The van der Waals surface area contributed by atoms with Gasteiger partial charge in [-0.15, -0.1) is 0 Å². The number of aryl methyl sites for hydroxylation is 2. The van der Waals surface area contributed by atoms with Crippen molar-refractivity contribution in [2.24, 2.45) is 5.73 Å². The first-order valence-corrected chi connectivity index (χ1v) is 7.75. The number of nitrogens with one attached hydrogen (secondary N) is 2. The van der Waals surface area contributed by atoms with Crippen LogP contribution in [0.1, 0.15) is 32.2 Å². The lowest BCUT2D eigenvalue weighted by Crippen LogP contribution is -2.18. The summed E-state index contributed by atoms with van der Waals surface area (Å²) >= 11 is 1.12. The van der Waals surface area contributed by atoms with E-state index in [0.29, 0.717) is 27.5 Å². The minimum absolute atomic E-state index is 0.00163. The van der Waals surface area contributed by atoms with Gasteiger partial charge in [-0.2, -0.15) is 0 Å². The van der Waals surface area contributed by atoms with Gasteiger partial charge in [0.25, 0.3) is 17.5 Å². The third-order valence-corrected chi connectivity index (χ3v) is 4.28. The summed E-state index contributed by atoms with van der Waals surface area (Å²) in [6.07, 6.45) is 0. The molecule has 0 fully saturated rings. The maximum atomic E-state index is 12.7. The van der Waals surface area contributed by atoms with Crippen LogP contribution in [0.3, 0.4) is 0 Å². The normalized spacial score (nSPS) is 10.8. The number of anilines is 2. The van der Waals surface area contributed by atoms with Crippen LogP contribution >= 0.6 is 11.3 Å². The number of rotatable bonds is 4. The highest BCUT2D eigenvalue weighted by Crippen LogP contribution is 2.29. The number of nitrogens with zero attached hydrogens (tertiary/aromatic N) is 3. The first-order chi connectivity index (χ1) is 11.4. The molecule has 0 aromatic carbocycles. The Morgan fingerprint density at radius 3 is 2.71 bits per heavy atom. The Morgan fingerprint density at radius 1 is 1.29 bits per heavy atom. The predicted molar refractivity (Wildman–Crippen MR) is 89.4 cm³/mol. The lowest BCUT2D eigenvalue weighted by Gasteiger charge is -2.05. The van der Waals surface area contributed by atoms with E-state index < -0.39 is 11.8 Å². The van der Waals surface area contributed by atoms with Gasteiger partial charge in [0.1, 0.15) is 5.00 Å². The molecule has 0 unspecified atom stereocenters. The number of primary amides is 1. The molecule has 3 aromatic heterocycles. The summed E-state index contributed by atoms with van der Waals surface area (Å²) in [5.41, 5.74) is 7.11. The molecule has 0 spiro atoms. The van der Waals surface area contributed by atoms with E-state index in [0.717, 1.165) is 11.3 Å². The summed E-state index contributed by atoms with van der Waals surface area (Å²) < 4.78 is 5.12. The Balaban J connectivity index is 2.04. The maximum Gasteiger partial charge on any atom is 0.270 e. The second-order valence-corrected chi connectivity index (χ2v) is 6.02.